The summed E-state index contributed by atoms with van der Waals surface area (Å²) in [5.74, 6) is 0.356. The van der Waals surface area contributed by atoms with E-state index in [1.54, 1.807) is 24.3 Å². The first-order valence-corrected chi connectivity index (χ1v) is 8.70. The first kappa shape index (κ1) is 17.1. The maximum Gasteiger partial charge on any atom is 0.240 e. The third-order valence-corrected chi connectivity index (χ3v) is 5.08. The Labute approximate surface area is 122 Å². The van der Waals surface area contributed by atoms with Crippen molar-refractivity contribution >= 4 is 10.0 Å². The lowest BCUT2D eigenvalue weighted by Gasteiger charge is -2.15. The molecular weight excluding hydrogens is 274 g/mol. The van der Waals surface area contributed by atoms with E-state index in [4.69, 9.17) is 0 Å². The van der Waals surface area contributed by atoms with Crippen LogP contribution in [0.4, 0.5) is 0 Å². The second-order valence-corrected chi connectivity index (χ2v) is 6.80. The van der Waals surface area contributed by atoms with Gasteiger partial charge in [0.15, 0.2) is 0 Å². The van der Waals surface area contributed by atoms with Crippen molar-refractivity contribution in [3.63, 3.8) is 0 Å². The molecule has 1 atom stereocenters. The van der Waals surface area contributed by atoms with Gasteiger partial charge in [0, 0.05) is 6.54 Å². The van der Waals surface area contributed by atoms with Crippen LogP contribution >= 0.6 is 0 Å². The Morgan fingerprint density at radius 3 is 2.35 bits per heavy atom. The lowest BCUT2D eigenvalue weighted by Crippen LogP contribution is -2.29. The van der Waals surface area contributed by atoms with Gasteiger partial charge >= 0.3 is 0 Å². The van der Waals surface area contributed by atoms with Crippen molar-refractivity contribution in [1.29, 1.82) is 0 Å². The quantitative estimate of drug-likeness (QED) is 0.775. The fraction of sp³-hybridized carbons (Fsp3) is 0.600. The summed E-state index contributed by atoms with van der Waals surface area (Å²) < 4.78 is 27.1. The van der Waals surface area contributed by atoms with Crippen molar-refractivity contribution in [2.75, 3.05) is 6.54 Å². The molecule has 0 aliphatic carbocycles. The van der Waals surface area contributed by atoms with Gasteiger partial charge in [0.25, 0.3) is 0 Å². The fourth-order valence-electron chi connectivity index (χ4n) is 2.01. The summed E-state index contributed by atoms with van der Waals surface area (Å²) in [4.78, 5) is 0.216. The van der Waals surface area contributed by atoms with Gasteiger partial charge in [0.05, 0.1) is 11.0 Å². The lowest BCUT2D eigenvalue weighted by molar-refractivity contribution is 0.173. The number of sulfonamides is 1. The number of hydrogen-bond donors (Lipinski definition) is 2. The molecule has 0 saturated carbocycles. The van der Waals surface area contributed by atoms with E-state index in [1.165, 1.54) is 0 Å². The molecule has 0 aromatic heterocycles. The zero-order chi connectivity index (χ0) is 15.2. The smallest absolute Gasteiger partial charge is 0.240 e. The standard InChI is InChI=1S/C15H25NO3S/c1-4-12(5-2)11-16-20(18,19)14-9-7-8-13(10-14)15(17)6-3/h7-10,12,15-17H,4-6,11H2,1-3H3. The molecule has 0 amide bonds. The van der Waals surface area contributed by atoms with E-state index in [2.05, 4.69) is 18.6 Å². The number of nitrogens with one attached hydrogen (secondary N) is 1. The first-order valence-electron chi connectivity index (χ1n) is 7.22. The molecule has 0 radical (unpaired) electrons. The SMILES string of the molecule is CCC(CC)CNS(=O)(=O)c1cccc(C(O)CC)c1. The van der Waals surface area contributed by atoms with Gasteiger partial charge in [-0.15, -0.1) is 0 Å². The normalized spacial score (nSPS) is 13.7. The molecule has 0 fully saturated rings. The molecule has 5 heteroatoms. The van der Waals surface area contributed by atoms with Gasteiger partial charge < -0.3 is 5.11 Å². The van der Waals surface area contributed by atoms with Crippen LogP contribution in [0.5, 0.6) is 0 Å². The topological polar surface area (TPSA) is 66.4 Å². The minimum absolute atomic E-state index is 0.216. The highest BCUT2D eigenvalue weighted by Crippen LogP contribution is 2.20. The van der Waals surface area contributed by atoms with Crippen molar-refractivity contribution < 1.29 is 13.5 Å². The monoisotopic (exact) mass is 299 g/mol. The van der Waals surface area contributed by atoms with Crippen LogP contribution in [0.2, 0.25) is 0 Å². The van der Waals surface area contributed by atoms with E-state index in [1.807, 2.05) is 6.92 Å². The highest BCUT2D eigenvalue weighted by atomic mass is 32.2. The molecule has 1 aromatic rings. The Morgan fingerprint density at radius 2 is 1.80 bits per heavy atom. The maximum atomic E-state index is 12.2. The molecule has 0 saturated heterocycles. The lowest BCUT2D eigenvalue weighted by atomic mass is 10.0. The first-order chi connectivity index (χ1) is 9.44. The molecule has 1 unspecified atom stereocenters. The Morgan fingerprint density at radius 1 is 1.15 bits per heavy atom. The zero-order valence-corrected chi connectivity index (χ0v) is 13.3. The highest BCUT2D eigenvalue weighted by molar-refractivity contribution is 7.89. The van der Waals surface area contributed by atoms with Crippen molar-refractivity contribution in [3.05, 3.63) is 29.8 Å². The maximum absolute atomic E-state index is 12.2. The third-order valence-electron chi connectivity index (χ3n) is 3.66. The van der Waals surface area contributed by atoms with Crippen molar-refractivity contribution in [1.82, 2.24) is 4.72 Å². The van der Waals surface area contributed by atoms with E-state index in [-0.39, 0.29) is 4.90 Å². The summed E-state index contributed by atoms with van der Waals surface area (Å²) in [5.41, 5.74) is 0.637. The Bertz CT molecular complexity index is 510. The summed E-state index contributed by atoms with van der Waals surface area (Å²) in [7, 11) is -3.50. The number of aliphatic hydroxyl groups excluding tert-OH is 1. The molecular formula is C15H25NO3S. The van der Waals surface area contributed by atoms with Gasteiger partial charge in [-0.25, -0.2) is 13.1 Å². The molecule has 2 N–H and O–H groups in total. The average Bonchev–Trinajstić information content (AvgIpc) is 2.47. The molecule has 20 heavy (non-hydrogen) atoms. The van der Waals surface area contributed by atoms with Gasteiger partial charge in [-0.1, -0.05) is 45.7 Å². The molecule has 114 valence electrons. The van der Waals surface area contributed by atoms with Gasteiger partial charge in [-0.2, -0.15) is 0 Å². The fourth-order valence-corrected chi connectivity index (χ4v) is 3.18. The van der Waals surface area contributed by atoms with Crippen molar-refractivity contribution in [3.8, 4) is 0 Å². The summed E-state index contributed by atoms with van der Waals surface area (Å²) in [6.07, 6.45) is 1.84. The van der Waals surface area contributed by atoms with Crippen LogP contribution in [0.3, 0.4) is 0 Å². The van der Waals surface area contributed by atoms with E-state index in [0.29, 0.717) is 24.4 Å². The summed E-state index contributed by atoms with van der Waals surface area (Å²) in [5, 5.41) is 9.80. The average molecular weight is 299 g/mol. The summed E-state index contributed by atoms with van der Waals surface area (Å²) >= 11 is 0. The van der Waals surface area contributed by atoms with Crippen LogP contribution in [0.15, 0.2) is 29.2 Å². The molecule has 1 aromatic carbocycles. The molecule has 0 aliphatic heterocycles. The van der Waals surface area contributed by atoms with E-state index in [0.717, 1.165) is 12.8 Å². The second-order valence-electron chi connectivity index (χ2n) is 5.03. The van der Waals surface area contributed by atoms with Crippen LogP contribution in [0, 0.1) is 5.92 Å². The third kappa shape index (κ3) is 4.58. The molecule has 0 aliphatic rings. The predicted molar refractivity (Wildman–Crippen MR) is 81.0 cm³/mol. The predicted octanol–water partition coefficient (Wildman–Crippen LogP) is 2.84. The Kier molecular flexibility index (Phi) is 6.65. The van der Waals surface area contributed by atoms with Gasteiger partial charge in [0.1, 0.15) is 0 Å². The van der Waals surface area contributed by atoms with Gasteiger partial charge in [-0.05, 0) is 30.0 Å². The number of rotatable bonds is 8. The van der Waals surface area contributed by atoms with E-state index in [9.17, 15) is 13.5 Å². The van der Waals surface area contributed by atoms with Crippen LogP contribution in [-0.4, -0.2) is 20.1 Å². The molecule has 0 heterocycles. The number of aliphatic hydroxyl groups is 1. The number of hydrogen-bond acceptors (Lipinski definition) is 3. The molecule has 1 rings (SSSR count). The largest absolute Gasteiger partial charge is 0.388 e. The van der Waals surface area contributed by atoms with Crippen LogP contribution < -0.4 is 4.72 Å². The van der Waals surface area contributed by atoms with Crippen molar-refractivity contribution in [2.24, 2.45) is 5.92 Å². The second kappa shape index (κ2) is 7.76. The van der Waals surface area contributed by atoms with Crippen LogP contribution in [0.1, 0.15) is 51.7 Å². The number of benzene rings is 1. The minimum atomic E-state index is -3.50. The molecule has 4 nitrogen and oxygen atoms in total. The highest BCUT2D eigenvalue weighted by Gasteiger charge is 2.17. The van der Waals surface area contributed by atoms with Crippen LogP contribution in [-0.2, 0) is 10.0 Å². The Hall–Kier alpha value is -0.910. The zero-order valence-electron chi connectivity index (χ0n) is 12.5. The van der Waals surface area contributed by atoms with Gasteiger partial charge in [-0.3, -0.25) is 0 Å². The van der Waals surface area contributed by atoms with Crippen molar-refractivity contribution in [2.45, 2.75) is 51.0 Å². The molecule has 0 spiro atoms. The molecule has 0 bridgehead atoms. The van der Waals surface area contributed by atoms with E-state index >= 15 is 0 Å². The van der Waals surface area contributed by atoms with E-state index < -0.39 is 16.1 Å². The van der Waals surface area contributed by atoms with Gasteiger partial charge in [0.2, 0.25) is 10.0 Å². The summed E-state index contributed by atoms with van der Waals surface area (Å²) in [6.45, 7) is 6.43. The summed E-state index contributed by atoms with van der Waals surface area (Å²) in [6, 6.07) is 6.51. The Balaban J connectivity index is 2.87. The van der Waals surface area contributed by atoms with Crippen LogP contribution in [0.25, 0.3) is 0 Å². The minimum Gasteiger partial charge on any atom is -0.388 e.